The largest absolute Gasteiger partial charge is 0.0991 e. The molecule has 0 aliphatic heterocycles. The highest BCUT2D eigenvalue weighted by Gasteiger charge is 2.38. The maximum absolute atomic E-state index is 4.23. The van der Waals surface area contributed by atoms with Gasteiger partial charge in [0.05, 0.1) is 0 Å². The van der Waals surface area contributed by atoms with E-state index in [1.807, 2.05) is 19.9 Å². The zero-order chi connectivity index (χ0) is 13.1. The van der Waals surface area contributed by atoms with Gasteiger partial charge in [-0.1, -0.05) is 65.2 Å². The lowest BCUT2D eigenvalue weighted by Gasteiger charge is -2.23. The van der Waals surface area contributed by atoms with Gasteiger partial charge >= 0.3 is 0 Å². The Kier molecular flexibility index (Phi) is 4.34. The van der Waals surface area contributed by atoms with Crippen molar-refractivity contribution in [1.29, 1.82) is 0 Å². The van der Waals surface area contributed by atoms with E-state index in [9.17, 15) is 0 Å². The van der Waals surface area contributed by atoms with E-state index >= 15 is 0 Å². The molecule has 0 N–H and O–H groups in total. The normalized spacial score (nSPS) is 23.3. The van der Waals surface area contributed by atoms with Gasteiger partial charge < -0.3 is 0 Å². The van der Waals surface area contributed by atoms with Crippen LogP contribution >= 0.6 is 0 Å². The molecule has 0 amide bonds. The Balaban J connectivity index is 0.000000686. The molecule has 0 aromatic heterocycles. The van der Waals surface area contributed by atoms with E-state index in [-0.39, 0.29) is 5.41 Å². The first-order valence-corrected chi connectivity index (χ1v) is 6.52. The Morgan fingerprint density at radius 3 is 2.47 bits per heavy atom. The highest BCUT2D eigenvalue weighted by Crippen LogP contribution is 2.52. The van der Waals surface area contributed by atoms with Gasteiger partial charge in [-0.05, 0) is 35.1 Å². The second-order valence-electron chi connectivity index (χ2n) is 4.75. The summed E-state index contributed by atoms with van der Waals surface area (Å²) in [6, 6.07) is 0. The third-order valence-corrected chi connectivity index (χ3v) is 3.49. The number of allylic oxidation sites excluding steroid dienone is 8. The van der Waals surface area contributed by atoms with Crippen molar-refractivity contribution < 1.29 is 0 Å². The van der Waals surface area contributed by atoms with Crippen molar-refractivity contribution in [3.05, 3.63) is 59.8 Å². The van der Waals surface area contributed by atoms with Crippen LogP contribution in [0.15, 0.2) is 59.8 Å². The van der Waals surface area contributed by atoms with Crippen molar-refractivity contribution in [3.8, 4) is 0 Å². The maximum Gasteiger partial charge on any atom is 0.0155 e. The second kappa shape index (κ2) is 5.35. The monoisotopic (exact) mass is 228 g/mol. The molecule has 0 unspecified atom stereocenters. The molecular weight excluding hydrogens is 204 g/mol. The van der Waals surface area contributed by atoms with Gasteiger partial charge in [-0.25, -0.2) is 0 Å². The Hall–Kier alpha value is -1.30. The fraction of sp³-hybridized carbons (Fsp3) is 0.412. The van der Waals surface area contributed by atoms with E-state index in [1.54, 1.807) is 0 Å². The van der Waals surface area contributed by atoms with Gasteiger partial charge in [0.2, 0.25) is 0 Å². The van der Waals surface area contributed by atoms with Crippen LogP contribution < -0.4 is 0 Å². The summed E-state index contributed by atoms with van der Waals surface area (Å²) in [6.45, 7) is 16.6. The second-order valence-corrected chi connectivity index (χ2v) is 4.75. The number of rotatable bonds is 1. The van der Waals surface area contributed by atoms with Crippen LogP contribution in [0.2, 0.25) is 0 Å². The zero-order valence-electron chi connectivity index (χ0n) is 11.6. The summed E-state index contributed by atoms with van der Waals surface area (Å²) < 4.78 is 0. The Morgan fingerprint density at radius 1 is 1.29 bits per heavy atom. The smallest absolute Gasteiger partial charge is 0.0155 e. The lowest BCUT2D eigenvalue weighted by Crippen LogP contribution is -2.12. The van der Waals surface area contributed by atoms with Gasteiger partial charge in [0.1, 0.15) is 0 Å². The standard InChI is InChI=1S/C15H18.C2H6/c1-5-8-13-11(2)12-9-6-7-10-14(12)15(13,3)4;1-2/h5,7-8,10H,1-2,6,9H2,3-4H3;1-2H3/b13-8+;. The van der Waals surface area contributed by atoms with Crippen LogP contribution in [0.1, 0.15) is 40.5 Å². The van der Waals surface area contributed by atoms with Crippen molar-refractivity contribution in [2.45, 2.75) is 40.5 Å². The van der Waals surface area contributed by atoms with Gasteiger partial charge in [-0.2, -0.15) is 0 Å². The summed E-state index contributed by atoms with van der Waals surface area (Å²) in [5.74, 6) is 0. The predicted molar refractivity (Wildman–Crippen MR) is 77.9 cm³/mol. The first-order valence-electron chi connectivity index (χ1n) is 6.52. The molecule has 0 aromatic carbocycles. The lowest BCUT2D eigenvalue weighted by atomic mass is 9.80. The first-order chi connectivity index (χ1) is 8.09. The number of hydrogen-bond acceptors (Lipinski definition) is 0. The Morgan fingerprint density at radius 2 is 1.94 bits per heavy atom. The van der Waals surface area contributed by atoms with E-state index in [4.69, 9.17) is 0 Å². The van der Waals surface area contributed by atoms with Crippen molar-refractivity contribution in [1.82, 2.24) is 0 Å². The summed E-state index contributed by atoms with van der Waals surface area (Å²) in [7, 11) is 0. The average Bonchev–Trinajstić information content (AvgIpc) is 2.54. The molecule has 0 aromatic rings. The summed E-state index contributed by atoms with van der Waals surface area (Å²) in [6.07, 6.45) is 10.8. The summed E-state index contributed by atoms with van der Waals surface area (Å²) >= 11 is 0. The maximum atomic E-state index is 4.23. The molecule has 92 valence electrons. The zero-order valence-corrected chi connectivity index (χ0v) is 11.6. The molecule has 2 rings (SSSR count). The summed E-state index contributed by atoms with van der Waals surface area (Å²) in [4.78, 5) is 0. The van der Waals surface area contributed by atoms with Gasteiger partial charge in [-0.15, -0.1) is 0 Å². The third-order valence-electron chi connectivity index (χ3n) is 3.49. The molecule has 2 aliphatic rings. The van der Waals surface area contributed by atoms with Crippen molar-refractivity contribution in [3.63, 3.8) is 0 Å². The minimum absolute atomic E-state index is 0.109. The Labute approximate surface area is 106 Å². The molecule has 0 atom stereocenters. The molecule has 0 fully saturated rings. The van der Waals surface area contributed by atoms with Gasteiger partial charge in [0, 0.05) is 5.41 Å². The fourth-order valence-corrected chi connectivity index (χ4v) is 2.67. The fourth-order valence-electron chi connectivity index (χ4n) is 2.67. The topological polar surface area (TPSA) is 0 Å². The van der Waals surface area contributed by atoms with Crippen LogP contribution in [-0.2, 0) is 0 Å². The number of hydrogen-bond donors (Lipinski definition) is 0. The van der Waals surface area contributed by atoms with Crippen molar-refractivity contribution in [2.24, 2.45) is 5.41 Å². The van der Waals surface area contributed by atoms with E-state index in [1.165, 1.54) is 22.3 Å². The highest BCUT2D eigenvalue weighted by molar-refractivity contribution is 5.64. The van der Waals surface area contributed by atoms with Crippen LogP contribution in [0, 0.1) is 5.41 Å². The van der Waals surface area contributed by atoms with Gasteiger partial charge in [0.25, 0.3) is 0 Å². The molecule has 17 heavy (non-hydrogen) atoms. The predicted octanol–water partition coefficient (Wildman–Crippen LogP) is 5.37. The van der Waals surface area contributed by atoms with Crippen molar-refractivity contribution >= 4 is 0 Å². The van der Waals surface area contributed by atoms with Gasteiger partial charge in [-0.3, -0.25) is 0 Å². The van der Waals surface area contributed by atoms with E-state index < -0.39 is 0 Å². The molecule has 0 radical (unpaired) electrons. The summed E-state index contributed by atoms with van der Waals surface area (Å²) in [5, 5.41) is 0. The average molecular weight is 228 g/mol. The van der Waals surface area contributed by atoms with Crippen LogP contribution in [0.5, 0.6) is 0 Å². The quantitative estimate of drug-likeness (QED) is 0.566. The van der Waals surface area contributed by atoms with E-state index in [2.05, 4.69) is 45.2 Å². The Bertz CT molecular complexity index is 411. The van der Waals surface area contributed by atoms with E-state index in [0.717, 1.165) is 12.8 Å². The molecule has 0 saturated carbocycles. The van der Waals surface area contributed by atoms with Crippen LogP contribution in [0.25, 0.3) is 0 Å². The minimum atomic E-state index is 0.109. The van der Waals surface area contributed by atoms with Gasteiger partial charge in [0.15, 0.2) is 0 Å². The molecular formula is C17H24. The molecule has 0 bridgehead atoms. The minimum Gasteiger partial charge on any atom is -0.0991 e. The molecule has 0 saturated heterocycles. The molecule has 0 heteroatoms. The lowest BCUT2D eigenvalue weighted by molar-refractivity contribution is 0.576. The van der Waals surface area contributed by atoms with Crippen LogP contribution in [-0.4, -0.2) is 0 Å². The van der Waals surface area contributed by atoms with Crippen molar-refractivity contribution in [2.75, 3.05) is 0 Å². The molecule has 0 heterocycles. The molecule has 0 spiro atoms. The highest BCUT2D eigenvalue weighted by atomic mass is 14.4. The summed E-state index contributed by atoms with van der Waals surface area (Å²) in [5.41, 5.74) is 5.56. The molecule has 2 aliphatic carbocycles. The molecule has 0 nitrogen and oxygen atoms in total. The van der Waals surface area contributed by atoms with E-state index in [0.29, 0.717) is 0 Å². The van der Waals surface area contributed by atoms with Crippen LogP contribution in [0.3, 0.4) is 0 Å². The van der Waals surface area contributed by atoms with Crippen LogP contribution in [0.4, 0.5) is 0 Å². The SMILES string of the molecule is C=C/C=C1\C(=C)C2=C(C=CCC2)C1(C)C.CC. The first kappa shape index (κ1) is 13.8. The third kappa shape index (κ3) is 2.22.